The number of para-hydroxylation sites is 1. The summed E-state index contributed by atoms with van der Waals surface area (Å²) in [6, 6.07) is 5.79. The van der Waals surface area contributed by atoms with Crippen molar-refractivity contribution in [1.29, 1.82) is 0 Å². The van der Waals surface area contributed by atoms with Gasteiger partial charge in [-0.15, -0.1) is 0 Å². The Labute approximate surface area is 126 Å². The Kier molecular flexibility index (Phi) is 4.37. The average Bonchev–Trinajstić information content (AvgIpc) is 2.93. The van der Waals surface area contributed by atoms with E-state index < -0.39 is 0 Å². The van der Waals surface area contributed by atoms with Crippen molar-refractivity contribution in [2.75, 3.05) is 43.4 Å². The monoisotopic (exact) mass is 293 g/mol. The van der Waals surface area contributed by atoms with E-state index in [9.17, 15) is 0 Å². The molecule has 20 heavy (non-hydrogen) atoms. The van der Waals surface area contributed by atoms with Gasteiger partial charge in [-0.2, -0.15) is 0 Å². The van der Waals surface area contributed by atoms with Crippen molar-refractivity contribution in [3.8, 4) is 0 Å². The number of likely N-dealkylation sites (tertiary alicyclic amines) is 1. The summed E-state index contributed by atoms with van der Waals surface area (Å²) in [5, 5.41) is 0.781. The zero-order valence-corrected chi connectivity index (χ0v) is 12.8. The van der Waals surface area contributed by atoms with E-state index in [0.717, 1.165) is 35.4 Å². The molecule has 0 atom stereocenters. The summed E-state index contributed by atoms with van der Waals surface area (Å²) in [5.74, 6) is 0.841. The fourth-order valence-corrected chi connectivity index (χ4v) is 3.84. The van der Waals surface area contributed by atoms with Crippen LogP contribution >= 0.6 is 11.6 Å². The van der Waals surface area contributed by atoms with Gasteiger partial charge in [-0.25, -0.2) is 0 Å². The predicted molar refractivity (Wildman–Crippen MR) is 86.5 cm³/mol. The van der Waals surface area contributed by atoms with E-state index in [-0.39, 0.29) is 0 Å². The van der Waals surface area contributed by atoms with Crippen molar-refractivity contribution < 1.29 is 0 Å². The summed E-state index contributed by atoms with van der Waals surface area (Å²) < 4.78 is 0. The largest absolute Gasteiger partial charge is 0.397 e. The van der Waals surface area contributed by atoms with Crippen LogP contribution in [0.1, 0.15) is 25.7 Å². The first-order valence-electron chi connectivity index (χ1n) is 7.75. The smallest absolute Gasteiger partial charge is 0.0789 e. The second-order valence-corrected chi connectivity index (χ2v) is 6.52. The van der Waals surface area contributed by atoms with Gasteiger partial charge in [0.2, 0.25) is 0 Å². The molecule has 0 radical (unpaired) electrons. The molecule has 0 bridgehead atoms. The quantitative estimate of drug-likeness (QED) is 0.869. The number of nitrogen functional groups attached to an aromatic ring is 1. The van der Waals surface area contributed by atoms with Crippen LogP contribution in [-0.4, -0.2) is 37.6 Å². The molecule has 0 saturated carbocycles. The van der Waals surface area contributed by atoms with Crippen molar-refractivity contribution in [1.82, 2.24) is 4.90 Å². The van der Waals surface area contributed by atoms with Crippen LogP contribution in [-0.2, 0) is 0 Å². The number of hydrogen-bond acceptors (Lipinski definition) is 3. The van der Waals surface area contributed by atoms with Gasteiger partial charge >= 0.3 is 0 Å². The highest BCUT2D eigenvalue weighted by Gasteiger charge is 2.24. The summed E-state index contributed by atoms with van der Waals surface area (Å²) in [6.45, 7) is 6.04. The molecule has 2 heterocycles. The fourth-order valence-electron chi connectivity index (χ4n) is 3.54. The van der Waals surface area contributed by atoms with E-state index in [1.54, 1.807) is 0 Å². The molecule has 2 fully saturated rings. The first-order valence-corrected chi connectivity index (χ1v) is 8.13. The number of hydrogen-bond donors (Lipinski definition) is 1. The summed E-state index contributed by atoms with van der Waals surface area (Å²) in [4.78, 5) is 4.99. The molecule has 2 aliphatic heterocycles. The first-order chi connectivity index (χ1) is 9.74. The van der Waals surface area contributed by atoms with Crippen LogP contribution in [0.25, 0.3) is 0 Å². The Morgan fingerprint density at radius 1 is 1.10 bits per heavy atom. The third-order valence-corrected chi connectivity index (χ3v) is 4.97. The number of piperidine rings is 1. The Hall–Kier alpha value is -0.930. The van der Waals surface area contributed by atoms with E-state index in [4.69, 9.17) is 17.3 Å². The predicted octanol–water partition coefficient (Wildman–Crippen LogP) is 3.23. The standard InChI is InChI=1S/C16H24ClN3/c17-14-4-3-5-15(18)16(14)20-10-6-13(7-11-20)12-19-8-1-2-9-19/h3-5,13H,1-2,6-12,18H2. The molecule has 0 unspecified atom stereocenters. The van der Waals surface area contributed by atoms with Crippen LogP contribution in [0.4, 0.5) is 11.4 Å². The van der Waals surface area contributed by atoms with Gasteiger partial charge in [0.1, 0.15) is 0 Å². The van der Waals surface area contributed by atoms with Gasteiger partial charge in [0.25, 0.3) is 0 Å². The lowest BCUT2D eigenvalue weighted by atomic mass is 9.95. The minimum Gasteiger partial charge on any atom is -0.397 e. The zero-order valence-electron chi connectivity index (χ0n) is 12.0. The second kappa shape index (κ2) is 6.23. The van der Waals surface area contributed by atoms with E-state index in [1.807, 2.05) is 18.2 Å². The average molecular weight is 294 g/mol. The third-order valence-electron chi connectivity index (χ3n) is 4.66. The van der Waals surface area contributed by atoms with Crippen LogP contribution in [0.15, 0.2) is 18.2 Å². The number of rotatable bonds is 3. The molecular formula is C16H24ClN3. The van der Waals surface area contributed by atoms with Gasteiger partial charge in [0.05, 0.1) is 16.4 Å². The van der Waals surface area contributed by atoms with Gasteiger partial charge in [-0.05, 0) is 56.8 Å². The lowest BCUT2D eigenvalue weighted by molar-refractivity contribution is 0.249. The summed E-state index contributed by atoms with van der Waals surface area (Å²) in [6.07, 6.45) is 5.27. The maximum Gasteiger partial charge on any atom is 0.0789 e. The van der Waals surface area contributed by atoms with Crippen molar-refractivity contribution in [2.45, 2.75) is 25.7 Å². The van der Waals surface area contributed by atoms with Gasteiger partial charge in [0.15, 0.2) is 0 Å². The first kappa shape index (κ1) is 14.0. The number of halogens is 1. The SMILES string of the molecule is Nc1cccc(Cl)c1N1CCC(CN2CCCC2)CC1. The molecule has 110 valence electrons. The van der Waals surface area contributed by atoms with Gasteiger partial charge in [0, 0.05) is 19.6 Å². The molecule has 2 aliphatic rings. The van der Waals surface area contributed by atoms with E-state index in [0.29, 0.717) is 0 Å². The second-order valence-electron chi connectivity index (χ2n) is 6.12. The minimum atomic E-state index is 0.781. The molecule has 3 rings (SSSR count). The lowest BCUT2D eigenvalue weighted by Crippen LogP contribution is -2.38. The van der Waals surface area contributed by atoms with Crippen LogP contribution < -0.4 is 10.6 Å². The molecule has 4 heteroatoms. The lowest BCUT2D eigenvalue weighted by Gasteiger charge is -2.36. The molecule has 0 aromatic heterocycles. The molecule has 1 aromatic carbocycles. The molecule has 2 N–H and O–H groups in total. The summed E-state index contributed by atoms with van der Waals surface area (Å²) >= 11 is 6.31. The minimum absolute atomic E-state index is 0.781. The Morgan fingerprint density at radius 3 is 2.45 bits per heavy atom. The molecular weight excluding hydrogens is 270 g/mol. The summed E-state index contributed by atoms with van der Waals surface area (Å²) in [5.41, 5.74) is 7.92. The normalized spacial score (nSPS) is 21.6. The molecule has 1 aromatic rings. The molecule has 3 nitrogen and oxygen atoms in total. The van der Waals surface area contributed by atoms with Gasteiger partial charge < -0.3 is 15.5 Å². The Morgan fingerprint density at radius 2 is 1.80 bits per heavy atom. The van der Waals surface area contributed by atoms with Crippen LogP contribution in [0, 0.1) is 5.92 Å². The van der Waals surface area contributed by atoms with E-state index in [2.05, 4.69) is 9.80 Å². The maximum atomic E-state index is 6.31. The number of nitrogens with zero attached hydrogens (tertiary/aromatic N) is 2. The number of nitrogens with two attached hydrogens (primary N) is 1. The Bertz CT molecular complexity index is 429. The third kappa shape index (κ3) is 3.04. The van der Waals surface area contributed by atoms with Crippen molar-refractivity contribution in [2.24, 2.45) is 5.92 Å². The van der Waals surface area contributed by atoms with Crippen molar-refractivity contribution in [3.05, 3.63) is 23.2 Å². The maximum absolute atomic E-state index is 6.31. The van der Waals surface area contributed by atoms with Gasteiger partial charge in [-0.1, -0.05) is 17.7 Å². The van der Waals surface area contributed by atoms with Crippen LogP contribution in [0.2, 0.25) is 5.02 Å². The zero-order chi connectivity index (χ0) is 13.9. The molecule has 0 spiro atoms. The molecule has 0 amide bonds. The van der Waals surface area contributed by atoms with Gasteiger partial charge in [-0.3, -0.25) is 0 Å². The molecule has 2 saturated heterocycles. The van der Waals surface area contributed by atoms with Crippen molar-refractivity contribution in [3.63, 3.8) is 0 Å². The Balaban J connectivity index is 1.58. The summed E-state index contributed by atoms with van der Waals surface area (Å²) in [7, 11) is 0. The molecule has 0 aliphatic carbocycles. The number of anilines is 2. The van der Waals surface area contributed by atoms with E-state index >= 15 is 0 Å². The van der Waals surface area contributed by atoms with Crippen LogP contribution in [0.5, 0.6) is 0 Å². The number of benzene rings is 1. The van der Waals surface area contributed by atoms with Crippen LogP contribution in [0.3, 0.4) is 0 Å². The highest BCUT2D eigenvalue weighted by Crippen LogP contribution is 2.34. The highest BCUT2D eigenvalue weighted by molar-refractivity contribution is 6.34. The topological polar surface area (TPSA) is 32.5 Å². The fraction of sp³-hybridized carbons (Fsp3) is 0.625. The van der Waals surface area contributed by atoms with Crippen molar-refractivity contribution >= 4 is 23.0 Å². The van der Waals surface area contributed by atoms with E-state index in [1.165, 1.54) is 45.3 Å². The highest BCUT2D eigenvalue weighted by atomic mass is 35.5.